The number of aryl methyl sites for hydroxylation is 1. The Hall–Kier alpha value is -2.52. The monoisotopic (exact) mass is 336 g/mol. The first kappa shape index (κ1) is 16.3. The van der Waals surface area contributed by atoms with Crippen molar-refractivity contribution in [3.8, 4) is 0 Å². The molecule has 0 spiro atoms. The number of carboxylic acid groups (broad SMARTS) is 1. The number of anilines is 1. The molecule has 3 N–H and O–H groups in total. The molecule has 0 radical (unpaired) electrons. The molecule has 1 aliphatic heterocycles. The summed E-state index contributed by atoms with van der Waals surface area (Å²) in [5.41, 5.74) is -1.02. The second-order valence-corrected chi connectivity index (χ2v) is 5.51. The van der Waals surface area contributed by atoms with Crippen LogP contribution in [0.5, 0.6) is 0 Å². The molecular weight excluding hydrogens is 319 g/mol. The van der Waals surface area contributed by atoms with Crippen molar-refractivity contribution < 1.29 is 19.4 Å². The Bertz CT molecular complexity index is 867. The minimum atomic E-state index is -1.37. The molecule has 0 bridgehead atoms. The smallest absolute Gasteiger partial charge is 0.341 e. The zero-order chi connectivity index (χ0) is 17.4. The number of hydrogen-bond donors (Lipinski definition) is 3. The van der Waals surface area contributed by atoms with Crippen molar-refractivity contribution in [2.45, 2.75) is 19.7 Å². The van der Waals surface area contributed by atoms with Gasteiger partial charge in [-0.05, 0) is 13.0 Å². The van der Waals surface area contributed by atoms with Crippen LogP contribution in [0.4, 0.5) is 10.2 Å². The molecule has 0 amide bonds. The summed E-state index contributed by atoms with van der Waals surface area (Å²) in [7, 11) is 0. The van der Waals surface area contributed by atoms with Crippen LogP contribution in [-0.2, 0) is 6.54 Å². The molecule has 1 atom stereocenters. The highest BCUT2D eigenvalue weighted by atomic mass is 19.1. The Morgan fingerprint density at radius 3 is 2.92 bits per heavy atom. The van der Waals surface area contributed by atoms with Gasteiger partial charge in [-0.25, -0.2) is 14.2 Å². The predicted molar refractivity (Wildman–Crippen MR) is 84.8 cm³/mol. The van der Waals surface area contributed by atoms with Gasteiger partial charge in [0.1, 0.15) is 17.4 Å². The summed E-state index contributed by atoms with van der Waals surface area (Å²) in [4.78, 5) is 29.1. The van der Waals surface area contributed by atoms with Gasteiger partial charge in [-0.1, -0.05) is 0 Å². The van der Waals surface area contributed by atoms with Crippen molar-refractivity contribution in [1.29, 1.82) is 0 Å². The molecule has 9 heteroatoms. The summed E-state index contributed by atoms with van der Waals surface area (Å²) in [6.07, 6.45) is 0.272. The second-order valence-electron chi connectivity index (χ2n) is 5.51. The molecule has 128 valence electrons. The van der Waals surface area contributed by atoms with Crippen molar-refractivity contribution in [1.82, 2.24) is 14.9 Å². The number of piperazine rings is 1. The predicted octanol–water partition coefficient (Wildman–Crippen LogP) is -0.0183. The van der Waals surface area contributed by atoms with Gasteiger partial charge in [0.25, 0.3) is 0 Å². The number of aromatic nitrogens is 2. The summed E-state index contributed by atoms with van der Waals surface area (Å²) in [6.45, 7) is 3.33. The SMILES string of the molecule is CCn1cc(C(=O)O)c(=O)c2cc(F)c(N3CCNCC3O)nc21. The zero-order valence-corrected chi connectivity index (χ0v) is 13.0. The van der Waals surface area contributed by atoms with E-state index in [1.807, 2.05) is 0 Å². The van der Waals surface area contributed by atoms with E-state index in [4.69, 9.17) is 5.11 Å². The molecular formula is C15H17FN4O4. The lowest BCUT2D eigenvalue weighted by Gasteiger charge is -2.33. The van der Waals surface area contributed by atoms with Crippen LogP contribution in [0.3, 0.4) is 0 Å². The fraction of sp³-hybridized carbons (Fsp3) is 0.400. The number of rotatable bonds is 3. The number of carbonyl (C=O) groups is 1. The third kappa shape index (κ3) is 2.61. The first-order valence-electron chi connectivity index (χ1n) is 7.56. The zero-order valence-electron chi connectivity index (χ0n) is 13.0. The number of nitrogens with one attached hydrogen (secondary N) is 1. The molecule has 1 unspecified atom stereocenters. The van der Waals surface area contributed by atoms with E-state index >= 15 is 0 Å². The maximum atomic E-state index is 14.5. The highest BCUT2D eigenvalue weighted by Gasteiger charge is 2.26. The minimum absolute atomic E-state index is 0.0545. The first-order chi connectivity index (χ1) is 11.4. The third-order valence-electron chi connectivity index (χ3n) is 4.04. The van der Waals surface area contributed by atoms with Gasteiger partial charge in [-0.15, -0.1) is 0 Å². The van der Waals surface area contributed by atoms with Crippen LogP contribution in [0, 0.1) is 5.82 Å². The second kappa shape index (κ2) is 6.17. The van der Waals surface area contributed by atoms with E-state index in [1.165, 1.54) is 15.7 Å². The third-order valence-corrected chi connectivity index (χ3v) is 4.04. The van der Waals surface area contributed by atoms with Crippen LogP contribution in [0.2, 0.25) is 0 Å². The highest BCUT2D eigenvalue weighted by molar-refractivity contribution is 5.92. The number of aromatic carboxylic acids is 1. The number of fused-ring (bicyclic) bond motifs is 1. The van der Waals surface area contributed by atoms with Crippen LogP contribution in [0.1, 0.15) is 17.3 Å². The lowest BCUT2D eigenvalue weighted by atomic mass is 10.2. The molecule has 0 aliphatic carbocycles. The molecule has 3 rings (SSSR count). The van der Waals surface area contributed by atoms with Crippen LogP contribution < -0.4 is 15.6 Å². The normalized spacial score (nSPS) is 18.1. The molecule has 2 aromatic heterocycles. The summed E-state index contributed by atoms with van der Waals surface area (Å²) >= 11 is 0. The van der Waals surface area contributed by atoms with Crippen molar-refractivity contribution in [3.05, 3.63) is 33.9 Å². The van der Waals surface area contributed by atoms with E-state index in [1.54, 1.807) is 6.92 Å². The Morgan fingerprint density at radius 1 is 1.54 bits per heavy atom. The van der Waals surface area contributed by atoms with Crippen molar-refractivity contribution >= 4 is 22.8 Å². The van der Waals surface area contributed by atoms with Gasteiger partial charge in [0.05, 0.1) is 5.39 Å². The van der Waals surface area contributed by atoms with E-state index in [0.29, 0.717) is 19.6 Å². The van der Waals surface area contributed by atoms with Gasteiger partial charge in [-0.3, -0.25) is 4.79 Å². The van der Waals surface area contributed by atoms with E-state index in [-0.39, 0.29) is 23.4 Å². The molecule has 2 aromatic rings. The van der Waals surface area contributed by atoms with Gasteiger partial charge in [0.15, 0.2) is 11.6 Å². The maximum Gasteiger partial charge on any atom is 0.341 e. The fourth-order valence-corrected chi connectivity index (χ4v) is 2.81. The Labute approximate surface area is 136 Å². The lowest BCUT2D eigenvalue weighted by Crippen LogP contribution is -2.52. The Morgan fingerprint density at radius 2 is 2.29 bits per heavy atom. The summed E-state index contributed by atoms with van der Waals surface area (Å²) in [6, 6.07) is 0.993. The maximum absolute atomic E-state index is 14.5. The first-order valence-corrected chi connectivity index (χ1v) is 7.56. The fourth-order valence-electron chi connectivity index (χ4n) is 2.81. The number of pyridine rings is 2. The molecule has 3 heterocycles. The van der Waals surface area contributed by atoms with Crippen LogP contribution in [0.15, 0.2) is 17.1 Å². The van der Waals surface area contributed by atoms with E-state index in [0.717, 1.165) is 6.07 Å². The molecule has 8 nitrogen and oxygen atoms in total. The molecule has 1 aliphatic rings. The molecule has 24 heavy (non-hydrogen) atoms. The summed E-state index contributed by atoms with van der Waals surface area (Å²) in [5.74, 6) is -2.20. The van der Waals surface area contributed by atoms with Gasteiger partial charge in [-0.2, -0.15) is 0 Å². The average Bonchev–Trinajstić information content (AvgIpc) is 2.55. The number of halogens is 1. The number of carboxylic acids is 1. The van der Waals surface area contributed by atoms with Gasteiger partial charge < -0.3 is 25.0 Å². The number of β-amino-alcohol motifs (C(OH)–C–C–N with tert-alkyl or cyclic N) is 1. The van der Waals surface area contributed by atoms with Crippen LogP contribution in [-0.4, -0.2) is 51.6 Å². The Balaban J connectivity index is 2.25. The summed E-state index contributed by atoms with van der Waals surface area (Å²) < 4.78 is 16.0. The molecule has 1 saturated heterocycles. The quantitative estimate of drug-likeness (QED) is 0.723. The van der Waals surface area contributed by atoms with Gasteiger partial charge in [0.2, 0.25) is 5.43 Å². The molecule has 1 fully saturated rings. The number of hydrogen-bond acceptors (Lipinski definition) is 6. The largest absolute Gasteiger partial charge is 0.477 e. The number of nitrogens with zero attached hydrogens (tertiary/aromatic N) is 3. The standard InChI is InChI=1S/C15H17FN4O4/c1-2-19-7-9(15(23)24)12(22)8-5-10(16)14(18-13(8)19)20-4-3-17-6-11(20)21/h5,7,11,17,21H,2-4,6H2,1H3,(H,23,24). The van der Waals surface area contributed by atoms with Crippen molar-refractivity contribution in [3.63, 3.8) is 0 Å². The highest BCUT2D eigenvalue weighted by Crippen LogP contribution is 2.23. The van der Waals surface area contributed by atoms with Crippen LogP contribution >= 0.6 is 0 Å². The van der Waals surface area contributed by atoms with Crippen molar-refractivity contribution in [2.75, 3.05) is 24.5 Å². The van der Waals surface area contributed by atoms with E-state index in [2.05, 4.69) is 10.3 Å². The van der Waals surface area contributed by atoms with E-state index < -0.39 is 29.0 Å². The number of aliphatic hydroxyl groups excluding tert-OH is 1. The molecule has 0 aromatic carbocycles. The minimum Gasteiger partial charge on any atom is -0.477 e. The van der Waals surface area contributed by atoms with E-state index in [9.17, 15) is 19.1 Å². The topological polar surface area (TPSA) is 108 Å². The van der Waals surface area contributed by atoms with Gasteiger partial charge in [0, 0.05) is 32.4 Å². The Kier molecular flexibility index (Phi) is 4.20. The van der Waals surface area contributed by atoms with Crippen molar-refractivity contribution in [2.24, 2.45) is 0 Å². The average molecular weight is 336 g/mol. The van der Waals surface area contributed by atoms with Crippen LogP contribution in [0.25, 0.3) is 11.0 Å². The molecule has 0 saturated carbocycles. The van der Waals surface area contributed by atoms with Gasteiger partial charge >= 0.3 is 5.97 Å². The summed E-state index contributed by atoms with van der Waals surface area (Å²) in [5, 5.41) is 22.0. The lowest BCUT2D eigenvalue weighted by molar-refractivity contribution is 0.0695. The number of aliphatic hydroxyl groups is 1.